The van der Waals surface area contributed by atoms with Gasteiger partial charge in [-0.05, 0) is 40.2 Å². The van der Waals surface area contributed by atoms with Crippen molar-refractivity contribution in [2.24, 2.45) is 0 Å². The number of ketones is 2. The number of halogens is 1. The summed E-state index contributed by atoms with van der Waals surface area (Å²) in [6.07, 6.45) is 4.03. The second kappa shape index (κ2) is 11.4. The van der Waals surface area contributed by atoms with Gasteiger partial charge in [-0.2, -0.15) is 0 Å². The molecule has 24 heavy (non-hydrogen) atoms. The molecule has 2 aliphatic rings. The Morgan fingerprint density at radius 2 is 1.58 bits per heavy atom. The van der Waals surface area contributed by atoms with Crippen LogP contribution in [0.4, 0.5) is 4.79 Å². The third-order valence-electron chi connectivity index (χ3n) is 3.59. The summed E-state index contributed by atoms with van der Waals surface area (Å²) < 4.78 is 5.24. The SMILES string of the molecule is CC(C)(C)OC(=O)N1CCCC(=O)CC1.Cl.O=C1CCCNCC1. The van der Waals surface area contributed by atoms with Gasteiger partial charge in [-0.1, -0.05) is 0 Å². The zero-order chi connectivity index (χ0) is 17.3. The number of likely N-dealkylation sites (tertiary alicyclic amines) is 1. The molecule has 0 atom stereocenters. The highest BCUT2D eigenvalue weighted by molar-refractivity contribution is 5.85. The maximum Gasteiger partial charge on any atom is 0.410 e. The predicted octanol–water partition coefficient (Wildman–Crippen LogP) is 2.73. The molecule has 2 fully saturated rings. The van der Waals surface area contributed by atoms with Gasteiger partial charge < -0.3 is 15.0 Å². The van der Waals surface area contributed by atoms with Crippen molar-refractivity contribution >= 4 is 30.1 Å². The number of Topliss-reactive ketones (excluding diaryl/α,β-unsaturated/α-hetero) is 2. The molecule has 0 bridgehead atoms. The van der Waals surface area contributed by atoms with Crippen molar-refractivity contribution in [1.82, 2.24) is 10.2 Å². The van der Waals surface area contributed by atoms with Gasteiger partial charge in [0.1, 0.15) is 17.2 Å². The lowest BCUT2D eigenvalue weighted by Crippen LogP contribution is -2.37. The summed E-state index contributed by atoms with van der Waals surface area (Å²) in [5.41, 5.74) is -0.465. The molecule has 0 aromatic heterocycles. The van der Waals surface area contributed by atoms with E-state index < -0.39 is 5.60 Å². The topological polar surface area (TPSA) is 75.7 Å². The highest BCUT2D eigenvalue weighted by atomic mass is 35.5. The van der Waals surface area contributed by atoms with Gasteiger partial charge >= 0.3 is 6.09 Å². The van der Waals surface area contributed by atoms with Crippen molar-refractivity contribution in [3.63, 3.8) is 0 Å². The Bertz CT molecular complexity index is 411. The van der Waals surface area contributed by atoms with Gasteiger partial charge in [-0.25, -0.2) is 4.79 Å². The van der Waals surface area contributed by atoms with Gasteiger partial charge in [0.25, 0.3) is 0 Å². The quantitative estimate of drug-likeness (QED) is 0.717. The molecule has 0 aromatic carbocycles. The van der Waals surface area contributed by atoms with Crippen molar-refractivity contribution in [2.75, 3.05) is 26.2 Å². The molecule has 0 unspecified atom stereocenters. The molecule has 0 radical (unpaired) electrons. The summed E-state index contributed by atoms with van der Waals surface area (Å²) in [4.78, 5) is 35.1. The van der Waals surface area contributed by atoms with Gasteiger partial charge in [0.2, 0.25) is 0 Å². The Morgan fingerprint density at radius 3 is 2.25 bits per heavy atom. The summed E-state index contributed by atoms with van der Waals surface area (Å²) >= 11 is 0. The molecule has 0 spiro atoms. The molecule has 2 rings (SSSR count). The van der Waals surface area contributed by atoms with Crippen LogP contribution in [0, 0.1) is 0 Å². The van der Waals surface area contributed by atoms with E-state index in [0.717, 1.165) is 38.8 Å². The number of hydrogen-bond acceptors (Lipinski definition) is 5. The third-order valence-corrected chi connectivity index (χ3v) is 3.59. The van der Waals surface area contributed by atoms with Crippen LogP contribution in [-0.2, 0) is 14.3 Å². The minimum absolute atomic E-state index is 0. The fourth-order valence-corrected chi connectivity index (χ4v) is 2.36. The zero-order valence-corrected chi connectivity index (χ0v) is 15.9. The largest absolute Gasteiger partial charge is 0.444 e. The first-order valence-electron chi connectivity index (χ1n) is 8.50. The molecule has 1 amide bonds. The highest BCUT2D eigenvalue weighted by Gasteiger charge is 2.24. The second-order valence-corrected chi connectivity index (χ2v) is 7.00. The summed E-state index contributed by atoms with van der Waals surface area (Å²) in [6, 6.07) is 0. The zero-order valence-electron chi connectivity index (χ0n) is 15.1. The van der Waals surface area contributed by atoms with E-state index in [1.807, 2.05) is 20.8 Å². The minimum Gasteiger partial charge on any atom is -0.444 e. The Morgan fingerprint density at radius 1 is 0.958 bits per heavy atom. The van der Waals surface area contributed by atoms with E-state index in [9.17, 15) is 14.4 Å². The van der Waals surface area contributed by atoms with Crippen LogP contribution >= 0.6 is 12.4 Å². The number of ether oxygens (including phenoxy) is 1. The summed E-state index contributed by atoms with van der Waals surface area (Å²) in [6.45, 7) is 8.55. The maximum atomic E-state index is 11.7. The van der Waals surface area contributed by atoms with Crippen molar-refractivity contribution in [1.29, 1.82) is 0 Å². The lowest BCUT2D eigenvalue weighted by molar-refractivity contribution is -0.119. The molecule has 2 heterocycles. The summed E-state index contributed by atoms with van der Waals surface area (Å²) in [5, 5.41) is 3.16. The standard InChI is InChI=1S/C11H19NO3.C6H11NO.ClH/c1-11(2,3)15-10(14)12-7-4-5-9(13)6-8-12;8-6-2-1-4-7-5-3-6;/h4-8H2,1-3H3;7H,1-5H2;1H. The number of carbonyl (C=O) groups excluding carboxylic acids is 3. The molecule has 7 heteroatoms. The van der Waals surface area contributed by atoms with E-state index in [0.29, 0.717) is 31.7 Å². The van der Waals surface area contributed by atoms with E-state index in [4.69, 9.17) is 4.74 Å². The number of nitrogens with one attached hydrogen (secondary N) is 1. The van der Waals surface area contributed by atoms with Crippen LogP contribution in [0.5, 0.6) is 0 Å². The third kappa shape index (κ3) is 10.6. The Labute approximate surface area is 151 Å². The van der Waals surface area contributed by atoms with Gasteiger partial charge in [0.15, 0.2) is 0 Å². The van der Waals surface area contributed by atoms with Gasteiger partial charge in [-0.3, -0.25) is 9.59 Å². The molecule has 2 saturated heterocycles. The first kappa shape index (κ1) is 22.9. The van der Waals surface area contributed by atoms with E-state index in [2.05, 4.69) is 5.32 Å². The number of amides is 1. The summed E-state index contributed by atoms with van der Waals surface area (Å²) in [7, 11) is 0. The van der Waals surface area contributed by atoms with Crippen LogP contribution in [-0.4, -0.2) is 54.3 Å². The lowest BCUT2D eigenvalue weighted by atomic mass is 10.2. The van der Waals surface area contributed by atoms with Crippen molar-refractivity contribution in [3.05, 3.63) is 0 Å². The van der Waals surface area contributed by atoms with E-state index >= 15 is 0 Å². The monoisotopic (exact) mass is 362 g/mol. The van der Waals surface area contributed by atoms with Gasteiger partial charge in [0, 0.05) is 45.3 Å². The maximum absolute atomic E-state index is 11.7. The van der Waals surface area contributed by atoms with Crippen molar-refractivity contribution in [2.45, 2.75) is 64.9 Å². The van der Waals surface area contributed by atoms with Crippen molar-refractivity contribution in [3.8, 4) is 0 Å². The van der Waals surface area contributed by atoms with Gasteiger partial charge in [-0.15, -0.1) is 12.4 Å². The first-order chi connectivity index (χ1) is 10.8. The summed E-state index contributed by atoms with van der Waals surface area (Å²) in [5.74, 6) is 0.649. The Balaban J connectivity index is 0.000000498. The fraction of sp³-hybridized carbons (Fsp3) is 0.824. The Kier molecular flexibility index (Phi) is 10.9. The molecule has 0 saturated carbocycles. The number of carbonyl (C=O) groups is 3. The number of nitrogens with zero attached hydrogens (tertiary/aromatic N) is 1. The Hall–Kier alpha value is -1.14. The molecular formula is C17H31ClN2O4. The highest BCUT2D eigenvalue weighted by Crippen LogP contribution is 2.13. The van der Waals surface area contributed by atoms with Crippen LogP contribution in [0.15, 0.2) is 0 Å². The van der Waals surface area contributed by atoms with Crippen molar-refractivity contribution < 1.29 is 19.1 Å². The van der Waals surface area contributed by atoms with E-state index in [1.165, 1.54) is 0 Å². The average Bonchev–Trinajstić information content (AvgIpc) is 2.80. The molecule has 140 valence electrons. The van der Waals surface area contributed by atoms with Crippen LogP contribution in [0.1, 0.15) is 59.3 Å². The predicted molar refractivity (Wildman–Crippen MR) is 95.6 cm³/mol. The minimum atomic E-state index is -0.465. The molecule has 0 aromatic rings. The van der Waals surface area contributed by atoms with E-state index in [-0.39, 0.29) is 24.3 Å². The molecular weight excluding hydrogens is 332 g/mol. The van der Waals surface area contributed by atoms with Crippen LogP contribution in [0.3, 0.4) is 0 Å². The smallest absolute Gasteiger partial charge is 0.410 e. The number of rotatable bonds is 0. The van der Waals surface area contributed by atoms with Crippen LogP contribution < -0.4 is 5.32 Å². The molecule has 0 aliphatic carbocycles. The molecule has 6 nitrogen and oxygen atoms in total. The van der Waals surface area contributed by atoms with Crippen LogP contribution in [0.2, 0.25) is 0 Å². The normalized spacial score (nSPS) is 19.2. The average molecular weight is 363 g/mol. The lowest BCUT2D eigenvalue weighted by Gasteiger charge is -2.26. The number of hydrogen-bond donors (Lipinski definition) is 1. The molecule has 1 N–H and O–H groups in total. The van der Waals surface area contributed by atoms with Crippen LogP contribution in [0.25, 0.3) is 0 Å². The van der Waals surface area contributed by atoms with Gasteiger partial charge in [0.05, 0.1) is 0 Å². The fourth-order valence-electron chi connectivity index (χ4n) is 2.36. The first-order valence-corrected chi connectivity index (χ1v) is 8.50. The van der Waals surface area contributed by atoms with E-state index in [1.54, 1.807) is 4.90 Å². The molecule has 2 aliphatic heterocycles. The second-order valence-electron chi connectivity index (χ2n) is 7.00.